The first-order valence-electron chi connectivity index (χ1n) is 13.9. The zero-order valence-electron chi connectivity index (χ0n) is 23.5. The number of aliphatic hydroxyl groups excluding tert-OH is 1. The summed E-state index contributed by atoms with van der Waals surface area (Å²) in [6, 6.07) is 9.94. The number of nitrogens with zero attached hydrogens (tertiary/aromatic N) is 2. The Kier molecular flexibility index (Phi) is 11.6. The molecule has 218 valence electrons. The number of halogens is 2. The summed E-state index contributed by atoms with van der Waals surface area (Å²) >= 11 is 0. The highest BCUT2D eigenvalue weighted by molar-refractivity contribution is 6.35. The summed E-state index contributed by atoms with van der Waals surface area (Å²) in [6.45, 7) is 6.81. The minimum Gasteiger partial charge on any atom is -0.390 e. The molecule has 3 amide bonds. The van der Waals surface area contributed by atoms with Crippen LogP contribution in [0, 0.1) is 11.6 Å². The summed E-state index contributed by atoms with van der Waals surface area (Å²) in [5.41, 5.74) is 2.49. The number of nitrogens with one attached hydrogen (secondary N) is 2. The zero-order valence-corrected chi connectivity index (χ0v) is 23.5. The Morgan fingerprint density at radius 1 is 1.05 bits per heavy atom. The van der Waals surface area contributed by atoms with E-state index in [9.17, 15) is 28.3 Å². The predicted molar refractivity (Wildman–Crippen MR) is 148 cm³/mol. The van der Waals surface area contributed by atoms with Gasteiger partial charge in [-0.2, -0.15) is 0 Å². The highest BCUT2D eigenvalue weighted by Crippen LogP contribution is 2.15. The van der Waals surface area contributed by atoms with Gasteiger partial charge in [0, 0.05) is 38.3 Å². The molecule has 10 heteroatoms. The van der Waals surface area contributed by atoms with E-state index in [1.807, 2.05) is 32.0 Å². The third-order valence-corrected chi connectivity index (χ3v) is 7.11. The Morgan fingerprint density at radius 3 is 2.42 bits per heavy atom. The second-order valence-electron chi connectivity index (χ2n) is 10.4. The molecule has 0 saturated carbocycles. The number of benzene rings is 2. The first-order valence-corrected chi connectivity index (χ1v) is 13.9. The van der Waals surface area contributed by atoms with Crippen LogP contribution in [0.4, 0.5) is 8.78 Å². The molecule has 1 aliphatic rings. The molecule has 1 saturated heterocycles. The van der Waals surface area contributed by atoms with Crippen molar-refractivity contribution in [2.24, 2.45) is 0 Å². The molecule has 0 unspecified atom stereocenters. The third-order valence-electron chi connectivity index (χ3n) is 7.11. The van der Waals surface area contributed by atoms with Crippen LogP contribution in [0.2, 0.25) is 0 Å². The van der Waals surface area contributed by atoms with Gasteiger partial charge in [0.25, 0.3) is 0 Å². The molecule has 0 aromatic heterocycles. The Labute approximate surface area is 234 Å². The molecule has 0 spiro atoms. The Bertz CT molecular complexity index is 1160. The van der Waals surface area contributed by atoms with Gasteiger partial charge in [-0.3, -0.25) is 14.4 Å². The van der Waals surface area contributed by atoms with Crippen LogP contribution in [0.15, 0.2) is 42.5 Å². The summed E-state index contributed by atoms with van der Waals surface area (Å²) in [5, 5.41) is 16.9. The van der Waals surface area contributed by atoms with Gasteiger partial charge in [0.05, 0.1) is 12.1 Å². The summed E-state index contributed by atoms with van der Waals surface area (Å²) < 4.78 is 27.7. The summed E-state index contributed by atoms with van der Waals surface area (Å²) in [6.07, 6.45) is 1.42. The van der Waals surface area contributed by atoms with Gasteiger partial charge in [-0.25, -0.2) is 8.78 Å². The van der Waals surface area contributed by atoms with Crippen LogP contribution in [-0.4, -0.2) is 77.0 Å². The number of hydrogen-bond donors (Lipinski definition) is 3. The highest BCUT2D eigenvalue weighted by Gasteiger charge is 2.37. The molecule has 0 bridgehead atoms. The molecular formula is C30H40F2N4O4. The number of piperazine rings is 1. The molecule has 2 aromatic rings. The second kappa shape index (κ2) is 14.9. The lowest BCUT2D eigenvalue weighted by molar-refractivity contribution is -0.159. The zero-order chi connectivity index (χ0) is 29.2. The number of aryl methyl sites for hydroxylation is 1. The third kappa shape index (κ3) is 8.82. The number of aliphatic hydroxyl groups is 1. The Morgan fingerprint density at radius 2 is 1.75 bits per heavy atom. The molecule has 1 fully saturated rings. The van der Waals surface area contributed by atoms with E-state index in [1.54, 1.807) is 0 Å². The first-order chi connectivity index (χ1) is 19.1. The summed E-state index contributed by atoms with van der Waals surface area (Å²) in [7, 11) is 0. The maximum absolute atomic E-state index is 13.8. The van der Waals surface area contributed by atoms with E-state index in [0.29, 0.717) is 13.1 Å². The Balaban J connectivity index is 1.66. The van der Waals surface area contributed by atoms with Gasteiger partial charge in [-0.05, 0) is 55.0 Å². The van der Waals surface area contributed by atoms with Gasteiger partial charge in [-0.1, -0.05) is 44.5 Å². The van der Waals surface area contributed by atoms with Crippen LogP contribution in [0.5, 0.6) is 0 Å². The van der Waals surface area contributed by atoms with Crippen molar-refractivity contribution in [3.63, 3.8) is 0 Å². The summed E-state index contributed by atoms with van der Waals surface area (Å²) in [4.78, 5) is 41.1. The molecule has 0 aliphatic carbocycles. The fraction of sp³-hybridized carbons (Fsp3) is 0.500. The maximum Gasteiger partial charge on any atom is 0.312 e. The van der Waals surface area contributed by atoms with Crippen molar-refractivity contribution in [1.29, 1.82) is 0 Å². The van der Waals surface area contributed by atoms with E-state index in [2.05, 4.69) is 23.6 Å². The van der Waals surface area contributed by atoms with Gasteiger partial charge >= 0.3 is 11.8 Å². The highest BCUT2D eigenvalue weighted by atomic mass is 19.1. The average molecular weight is 559 g/mol. The van der Waals surface area contributed by atoms with Crippen LogP contribution in [-0.2, 0) is 33.8 Å². The minimum atomic E-state index is -1.10. The summed E-state index contributed by atoms with van der Waals surface area (Å²) in [5.74, 6) is -3.48. The minimum absolute atomic E-state index is 0.0390. The van der Waals surface area contributed by atoms with E-state index in [0.717, 1.165) is 43.0 Å². The van der Waals surface area contributed by atoms with Crippen LogP contribution in [0.25, 0.3) is 0 Å². The van der Waals surface area contributed by atoms with Crippen molar-refractivity contribution in [2.75, 3.05) is 26.2 Å². The smallest absolute Gasteiger partial charge is 0.312 e. The fourth-order valence-corrected chi connectivity index (χ4v) is 4.90. The normalized spacial score (nSPS) is 17.2. The molecular weight excluding hydrogens is 518 g/mol. The predicted octanol–water partition coefficient (Wildman–Crippen LogP) is 2.56. The van der Waals surface area contributed by atoms with Crippen molar-refractivity contribution in [3.8, 4) is 0 Å². The van der Waals surface area contributed by atoms with E-state index < -0.39 is 41.5 Å². The van der Waals surface area contributed by atoms with Crippen molar-refractivity contribution in [2.45, 2.75) is 71.2 Å². The SMILES string of the molecule is CCCCN1C(=O)C(=O)N(CC(=O)N[C@@H](Cc2cc(F)cc(F)c2)[C@H](O)CNCc2cccc(CC)c2)C[C@H]1C. The lowest BCUT2D eigenvalue weighted by Crippen LogP contribution is -2.61. The van der Waals surface area contributed by atoms with Crippen molar-refractivity contribution in [3.05, 3.63) is 70.8 Å². The molecule has 0 radical (unpaired) electrons. The van der Waals surface area contributed by atoms with Gasteiger partial charge < -0.3 is 25.5 Å². The van der Waals surface area contributed by atoms with Crippen LogP contribution >= 0.6 is 0 Å². The van der Waals surface area contributed by atoms with E-state index in [-0.39, 0.29) is 37.7 Å². The maximum atomic E-state index is 13.8. The number of hydrogen-bond acceptors (Lipinski definition) is 5. The fourth-order valence-electron chi connectivity index (χ4n) is 4.90. The van der Waals surface area contributed by atoms with Crippen LogP contribution < -0.4 is 10.6 Å². The molecule has 3 N–H and O–H groups in total. The van der Waals surface area contributed by atoms with E-state index in [4.69, 9.17) is 0 Å². The standard InChI is InChI=1S/C30H40F2N4O4/c1-4-6-10-36-20(3)18-35(29(39)30(36)40)19-28(38)34-26(14-23-12-24(31)15-25(32)13-23)27(37)17-33-16-22-9-7-8-21(5-2)11-22/h7-9,11-13,15,20,26-27,33,37H,4-6,10,14,16-19H2,1-3H3,(H,34,38)/t20-,26+,27-/m1/s1. The number of carbonyl (C=O) groups excluding carboxylic acids is 3. The molecule has 40 heavy (non-hydrogen) atoms. The van der Waals surface area contributed by atoms with Crippen molar-refractivity contribution < 1.29 is 28.3 Å². The number of unbranched alkanes of at least 4 members (excludes halogenated alkanes) is 1. The van der Waals surface area contributed by atoms with Crippen LogP contribution in [0.1, 0.15) is 50.3 Å². The quantitative estimate of drug-likeness (QED) is 0.310. The van der Waals surface area contributed by atoms with E-state index in [1.165, 1.54) is 15.4 Å². The topological polar surface area (TPSA) is 102 Å². The molecule has 1 aliphatic heterocycles. The molecule has 3 atom stereocenters. The number of amides is 3. The molecule has 8 nitrogen and oxygen atoms in total. The molecule has 2 aromatic carbocycles. The van der Waals surface area contributed by atoms with Gasteiger partial charge in [0.15, 0.2) is 0 Å². The van der Waals surface area contributed by atoms with Crippen LogP contribution in [0.3, 0.4) is 0 Å². The second-order valence-corrected chi connectivity index (χ2v) is 10.4. The number of carbonyl (C=O) groups is 3. The first kappa shape index (κ1) is 31.2. The van der Waals surface area contributed by atoms with Crippen molar-refractivity contribution in [1.82, 2.24) is 20.4 Å². The molecule has 3 rings (SSSR count). The van der Waals surface area contributed by atoms with Crippen molar-refractivity contribution >= 4 is 17.7 Å². The van der Waals surface area contributed by atoms with Gasteiger partial charge in [0.1, 0.15) is 18.2 Å². The lowest BCUT2D eigenvalue weighted by atomic mass is 10.0. The molecule has 1 heterocycles. The van der Waals surface area contributed by atoms with Gasteiger partial charge in [-0.15, -0.1) is 0 Å². The van der Waals surface area contributed by atoms with Gasteiger partial charge in [0.2, 0.25) is 5.91 Å². The van der Waals surface area contributed by atoms with E-state index >= 15 is 0 Å². The lowest BCUT2D eigenvalue weighted by Gasteiger charge is -2.38. The average Bonchev–Trinajstić information content (AvgIpc) is 2.90. The number of rotatable bonds is 14. The Hall–Kier alpha value is -3.37. The monoisotopic (exact) mass is 558 g/mol. The largest absolute Gasteiger partial charge is 0.390 e.